The van der Waals surface area contributed by atoms with Crippen LogP contribution in [-0.4, -0.2) is 28.4 Å². The van der Waals surface area contributed by atoms with Gasteiger partial charge in [-0.1, -0.05) is 43.2 Å². The maximum absolute atomic E-state index is 13.0. The molecule has 3 aliphatic rings. The molecule has 0 aromatic carbocycles. The second-order valence-corrected chi connectivity index (χ2v) is 7.84. The Bertz CT molecular complexity index is 698. The molecule has 4 heteroatoms. The quantitative estimate of drug-likeness (QED) is 0.772. The zero-order valence-electron chi connectivity index (χ0n) is 14.0. The van der Waals surface area contributed by atoms with E-state index in [9.17, 15) is 4.79 Å². The Morgan fingerprint density at radius 1 is 1.17 bits per heavy atom. The molecule has 126 valence electrons. The molecule has 0 bridgehead atoms. The Balaban J connectivity index is 1.54. The molecular weight excluding hydrogens is 316 g/mol. The predicted molar refractivity (Wildman–Crippen MR) is 99.0 cm³/mol. The van der Waals surface area contributed by atoms with Crippen LogP contribution in [0.15, 0.2) is 35.8 Å². The molecule has 1 amide bonds. The fourth-order valence-electron chi connectivity index (χ4n) is 4.25. The molecule has 3 nitrogen and oxygen atoms in total. The summed E-state index contributed by atoms with van der Waals surface area (Å²) in [5, 5.41) is 2.88. The third-order valence-corrected chi connectivity index (χ3v) is 6.35. The van der Waals surface area contributed by atoms with Gasteiger partial charge < -0.3 is 4.90 Å². The third-order valence-electron chi connectivity index (χ3n) is 5.46. The van der Waals surface area contributed by atoms with Crippen molar-refractivity contribution in [2.75, 3.05) is 6.54 Å². The van der Waals surface area contributed by atoms with Gasteiger partial charge in [0.2, 0.25) is 0 Å². The molecule has 2 atom stereocenters. The largest absolute Gasteiger partial charge is 0.334 e. The van der Waals surface area contributed by atoms with Crippen molar-refractivity contribution in [1.82, 2.24) is 9.88 Å². The standard InChI is InChI=1S/C20H24N2OS/c23-20(22-13-7-11-15-8-5-6-12-18(15)22)17-14-24-19(21-17)16-9-3-1-2-4-10-16/h1,3-4,9-10,14-15,18H,2,5-8,11-13H2. The van der Waals surface area contributed by atoms with Crippen molar-refractivity contribution >= 4 is 22.8 Å². The number of thiazole rings is 1. The first-order valence-corrected chi connectivity index (χ1v) is 10.0. The van der Waals surface area contributed by atoms with Crippen molar-refractivity contribution in [2.24, 2.45) is 5.92 Å². The van der Waals surface area contributed by atoms with Crippen LogP contribution in [0.5, 0.6) is 0 Å². The highest BCUT2D eigenvalue weighted by Gasteiger charge is 2.36. The topological polar surface area (TPSA) is 33.2 Å². The highest BCUT2D eigenvalue weighted by Crippen LogP contribution is 2.36. The van der Waals surface area contributed by atoms with E-state index in [0.717, 1.165) is 30.0 Å². The second kappa shape index (κ2) is 7.06. The summed E-state index contributed by atoms with van der Waals surface area (Å²) in [6, 6.07) is 0.449. The summed E-state index contributed by atoms with van der Waals surface area (Å²) in [5.74, 6) is 0.857. The SMILES string of the molecule is O=C(c1csc(C2=CC=CCC=C2)n1)N1CCCC2CCCCC21. The van der Waals surface area contributed by atoms with Crippen molar-refractivity contribution in [3.05, 3.63) is 46.5 Å². The minimum absolute atomic E-state index is 0.142. The van der Waals surface area contributed by atoms with Crippen molar-refractivity contribution in [3.63, 3.8) is 0 Å². The van der Waals surface area contributed by atoms with Gasteiger partial charge in [0.25, 0.3) is 5.91 Å². The van der Waals surface area contributed by atoms with Gasteiger partial charge in [-0.05, 0) is 38.0 Å². The minimum Gasteiger partial charge on any atom is -0.334 e. The van der Waals surface area contributed by atoms with Crippen molar-refractivity contribution in [3.8, 4) is 0 Å². The van der Waals surface area contributed by atoms with E-state index in [1.807, 2.05) is 5.38 Å². The van der Waals surface area contributed by atoms with E-state index in [1.165, 1.54) is 32.1 Å². The third kappa shape index (κ3) is 3.12. The minimum atomic E-state index is 0.142. The number of hydrogen-bond donors (Lipinski definition) is 0. The van der Waals surface area contributed by atoms with E-state index in [2.05, 4.69) is 40.3 Å². The Morgan fingerprint density at radius 3 is 3.00 bits per heavy atom. The molecule has 4 rings (SSSR count). The number of hydrogen-bond acceptors (Lipinski definition) is 3. The molecule has 1 saturated heterocycles. The van der Waals surface area contributed by atoms with Gasteiger partial charge in [-0.3, -0.25) is 4.79 Å². The molecular formula is C20H24N2OS. The van der Waals surface area contributed by atoms with Gasteiger partial charge in [0.05, 0.1) is 0 Å². The molecule has 0 N–H and O–H groups in total. The van der Waals surface area contributed by atoms with Gasteiger partial charge in [-0.15, -0.1) is 11.3 Å². The van der Waals surface area contributed by atoms with Crippen LogP contribution < -0.4 is 0 Å². The molecule has 1 aliphatic heterocycles. The monoisotopic (exact) mass is 340 g/mol. The van der Waals surface area contributed by atoms with Crippen LogP contribution in [0.25, 0.3) is 5.57 Å². The summed E-state index contributed by atoms with van der Waals surface area (Å²) in [4.78, 5) is 19.8. The summed E-state index contributed by atoms with van der Waals surface area (Å²) >= 11 is 1.57. The normalized spacial score (nSPS) is 26.7. The summed E-state index contributed by atoms with van der Waals surface area (Å²) in [5.41, 5.74) is 1.73. The summed E-state index contributed by atoms with van der Waals surface area (Å²) in [7, 11) is 0. The Labute approximate surface area is 147 Å². The maximum Gasteiger partial charge on any atom is 0.273 e. The van der Waals surface area contributed by atoms with E-state index in [-0.39, 0.29) is 5.91 Å². The number of amides is 1. The lowest BCUT2D eigenvalue weighted by atomic mass is 9.78. The van der Waals surface area contributed by atoms with E-state index in [4.69, 9.17) is 0 Å². The summed E-state index contributed by atoms with van der Waals surface area (Å²) in [6.07, 6.45) is 18.9. The van der Waals surface area contributed by atoms with E-state index < -0.39 is 0 Å². The number of fused-ring (bicyclic) bond motifs is 1. The lowest BCUT2D eigenvalue weighted by molar-refractivity contribution is 0.0386. The number of nitrogens with zero attached hydrogens (tertiary/aromatic N) is 2. The number of allylic oxidation sites excluding steroid dienone is 6. The zero-order chi connectivity index (χ0) is 16.4. The predicted octanol–water partition coefficient (Wildman–Crippen LogP) is 4.84. The first-order chi connectivity index (χ1) is 11.8. The lowest BCUT2D eigenvalue weighted by Crippen LogP contribution is -2.49. The highest BCUT2D eigenvalue weighted by atomic mass is 32.1. The number of piperidine rings is 1. The number of carbonyl (C=O) groups is 1. The smallest absolute Gasteiger partial charge is 0.273 e. The first kappa shape index (κ1) is 15.8. The van der Waals surface area contributed by atoms with Gasteiger partial charge in [0, 0.05) is 23.5 Å². The lowest BCUT2D eigenvalue weighted by Gasteiger charge is -2.43. The summed E-state index contributed by atoms with van der Waals surface area (Å²) in [6.45, 7) is 0.901. The first-order valence-electron chi connectivity index (χ1n) is 9.13. The van der Waals surface area contributed by atoms with Crippen molar-refractivity contribution in [2.45, 2.75) is 51.0 Å². The van der Waals surface area contributed by atoms with Crippen LogP contribution in [0.2, 0.25) is 0 Å². The molecule has 2 heterocycles. The van der Waals surface area contributed by atoms with E-state index >= 15 is 0 Å². The number of aromatic nitrogens is 1. The van der Waals surface area contributed by atoms with E-state index in [1.54, 1.807) is 11.3 Å². The molecule has 2 aliphatic carbocycles. The highest BCUT2D eigenvalue weighted by molar-refractivity contribution is 7.11. The molecule has 24 heavy (non-hydrogen) atoms. The Kier molecular flexibility index (Phi) is 4.65. The van der Waals surface area contributed by atoms with Gasteiger partial charge in [-0.2, -0.15) is 0 Å². The number of likely N-dealkylation sites (tertiary alicyclic amines) is 1. The van der Waals surface area contributed by atoms with Crippen LogP contribution in [0.4, 0.5) is 0 Å². The van der Waals surface area contributed by atoms with Gasteiger partial charge in [-0.25, -0.2) is 4.98 Å². The average Bonchev–Trinajstić information content (AvgIpc) is 2.96. The average molecular weight is 340 g/mol. The fraction of sp³-hybridized carbons (Fsp3) is 0.500. The van der Waals surface area contributed by atoms with Crippen LogP contribution in [0.3, 0.4) is 0 Å². The molecule has 1 aromatic heterocycles. The Morgan fingerprint density at radius 2 is 2.04 bits per heavy atom. The van der Waals surface area contributed by atoms with Crippen molar-refractivity contribution in [1.29, 1.82) is 0 Å². The number of carbonyl (C=O) groups excluding carboxylic acids is 1. The molecule has 2 unspecified atom stereocenters. The molecule has 0 spiro atoms. The van der Waals surface area contributed by atoms with E-state index in [0.29, 0.717) is 17.7 Å². The summed E-state index contributed by atoms with van der Waals surface area (Å²) < 4.78 is 0. The van der Waals surface area contributed by atoms with Crippen LogP contribution in [0.1, 0.15) is 60.4 Å². The molecule has 1 saturated carbocycles. The van der Waals surface area contributed by atoms with Gasteiger partial charge in [0.15, 0.2) is 0 Å². The maximum atomic E-state index is 13.0. The van der Waals surface area contributed by atoms with Gasteiger partial charge >= 0.3 is 0 Å². The molecule has 2 fully saturated rings. The van der Waals surface area contributed by atoms with Crippen molar-refractivity contribution < 1.29 is 4.79 Å². The molecule has 0 radical (unpaired) electrons. The second-order valence-electron chi connectivity index (χ2n) is 6.98. The zero-order valence-corrected chi connectivity index (χ0v) is 14.8. The number of rotatable bonds is 2. The van der Waals surface area contributed by atoms with Crippen LogP contribution >= 0.6 is 11.3 Å². The van der Waals surface area contributed by atoms with Gasteiger partial charge in [0.1, 0.15) is 10.7 Å². The Hall–Kier alpha value is -1.68. The molecule has 1 aromatic rings. The fourth-order valence-corrected chi connectivity index (χ4v) is 5.05. The van der Waals surface area contributed by atoms with Crippen LogP contribution in [0, 0.1) is 5.92 Å². The van der Waals surface area contributed by atoms with Crippen LogP contribution in [-0.2, 0) is 0 Å².